The predicted octanol–water partition coefficient (Wildman–Crippen LogP) is 1.62. The highest BCUT2D eigenvalue weighted by molar-refractivity contribution is 7.14. The van der Waals surface area contributed by atoms with Gasteiger partial charge in [0.25, 0.3) is 0 Å². The van der Waals surface area contributed by atoms with Crippen molar-refractivity contribution < 1.29 is 0 Å². The van der Waals surface area contributed by atoms with Gasteiger partial charge >= 0.3 is 0 Å². The molecule has 1 saturated heterocycles. The zero-order valence-corrected chi connectivity index (χ0v) is 15.4. The van der Waals surface area contributed by atoms with E-state index in [4.69, 9.17) is 0 Å². The van der Waals surface area contributed by atoms with Crippen LogP contribution in [0.4, 0.5) is 5.00 Å². The van der Waals surface area contributed by atoms with Crippen LogP contribution in [0.25, 0.3) is 0 Å². The lowest BCUT2D eigenvalue weighted by atomic mass is 10.1. The topological polar surface area (TPSA) is 70.4 Å². The SMILES string of the molecule is CN=C(NCc1nnc2n1CCC2)NC1CCN(c2cccs2)CC1. The maximum Gasteiger partial charge on any atom is 0.191 e. The number of thiophene rings is 1. The fraction of sp³-hybridized carbons (Fsp3) is 0.588. The van der Waals surface area contributed by atoms with Gasteiger partial charge in [-0.1, -0.05) is 0 Å². The molecule has 7 nitrogen and oxygen atoms in total. The molecule has 0 saturated carbocycles. The van der Waals surface area contributed by atoms with E-state index in [1.54, 1.807) is 0 Å². The van der Waals surface area contributed by atoms with E-state index in [0.29, 0.717) is 12.6 Å². The van der Waals surface area contributed by atoms with Gasteiger partial charge in [-0.2, -0.15) is 0 Å². The first-order valence-electron chi connectivity index (χ1n) is 9.00. The van der Waals surface area contributed by atoms with Crippen LogP contribution in [-0.4, -0.2) is 46.9 Å². The van der Waals surface area contributed by atoms with Crippen molar-refractivity contribution in [3.8, 4) is 0 Å². The number of anilines is 1. The number of nitrogens with zero attached hydrogens (tertiary/aromatic N) is 5. The van der Waals surface area contributed by atoms with E-state index in [-0.39, 0.29) is 0 Å². The van der Waals surface area contributed by atoms with Crippen LogP contribution in [-0.2, 0) is 19.5 Å². The largest absolute Gasteiger partial charge is 0.363 e. The van der Waals surface area contributed by atoms with Crippen molar-refractivity contribution in [2.45, 2.75) is 44.8 Å². The smallest absolute Gasteiger partial charge is 0.191 e. The number of nitrogens with one attached hydrogen (secondary N) is 2. The van der Waals surface area contributed by atoms with Gasteiger partial charge in [0.2, 0.25) is 0 Å². The lowest BCUT2D eigenvalue weighted by Crippen LogP contribution is -2.48. The zero-order valence-electron chi connectivity index (χ0n) is 14.6. The normalized spacial score (nSPS) is 18.4. The molecule has 25 heavy (non-hydrogen) atoms. The molecule has 2 aliphatic heterocycles. The number of hydrogen-bond acceptors (Lipinski definition) is 5. The quantitative estimate of drug-likeness (QED) is 0.641. The fourth-order valence-electron chi connectivity index (χ4n) is 3.59. The third-order valence-electron chi connectivity index (χ3n) is 4.98. The molecule has 2 aliphatic rings. The van der Waals surface area contributed by atoms with E-state index < -0.39 is 0 Å². The van der Waals surface area contributed by atoms with E-state index in [9.17, 15) is 0 Å². The summed E-state index contributed by atoms with van der Waals surface area (Å²) in [4.78, 5) is 6.84. The summed E-state index contributed by atoms with van der Waals surface area (Å²) in [6.45, 7) is 3.88. The minimum absolute atomic E-state index is 0.464. The molecule has 2 aromatic heterocycles. The van der Waals surface area contributed by atoms with Crippen molar-refractivity contribution in [3.05, 3.63) is 29.2 Å². The molecule has 0 unspecified atom stereocenters. The van der Waals surface area contributed by atoms with Gasteiger partial charge in [0.1, 0.15) is 5.82 Å². The summed E-state index contributed by atoms with van der Waals surface area (Å²) >= 11 is 1.82. The standard InChI is InChI=1S/C17H25N7S/c1-18-17(19-12-15-22-21-14-4-2-8-24(14)15)20-13-6-9-23(10-7-13)16-5-3-11-25-16/h3,5,11,13H,2,4,6-10,12H2,1H3,(H2,18,19,20). The second-order valence-electron chi connectivity index (χ2n) is 6.57. The summed E-state index contributed by atoms with van der Waals surface area (Å²) in [6.07, 6.45) is 4.47. The first-order valence-corrected chi connectivity index (χ1v) is 9.88. The number of aromatic nitrogens is 3. The summed E-state index contributed by atoms with van der Waals surface area (Å²) in [6, 6.07) is 4.79. The molecule has 0 aliphatic carbocycles. The third-order valence-corrected chi connectivity index (χ3v) is 5.91. The van der Waals surface area contributed by atoms with Gasteiger partial charge < -0.3 is 20.1 Å². The van der Waals surface area contributed by atoms with Crippen molar-refractivity contribution in [2.24, 2.45) is 4.99 Å². The van der Waals surface area contributed by atoms with Crippen molar-refractivity contribution in [2.75, 3.05) is 25.0 Å². The van der Waals surface area contributed by atoms with Gasteiger partial charge in [0.05, 0.1) is 11.5 Å². The monoisotopic (exact) mass is 359 g/mol. The summed E-state index contributed by atoms with van der Waals surface area (Å²) in [5, 5.41) is 19.0. The number of fused-ring (bicyclic) bond motifs is 1. The Kier molecular flexibility index (Phi) is 4.87. The summed E-state index contributed by atoms with van der Waals surface area (Å²) in [5.41, 5.74) is 0. The lowest BCUT2D eigenvalue weighted by Gasteiger charge is -2.33. The van der Waals surface area contributed by atoms with Crippen LogP contribution in [0, 0.1) is 0 Å². The fourth-order valence-corrected chi connectivity index (χ4v) is 4.37. The molecule has 0 atom stereocenters. The Bertz CT molecular complexity index is 713. The van der Waals surface area contributed by atoms with Crippen LogP contribution < -0.4 is 15.5 Å². The molecule has 0 radical (unpaired) electrons. The first kappa shape index (κ1) is 16.4. The molecule has 8 heteroatoms. The molecule has 134 valence electrons. The Balaban J connectivity index is 1.26. The zero-order chi connectivity index (χ0) is 17.1. The van der Waals surface area contributed by atoms with Crippen LogP contribution in [0.15, 0.2) is 22.5 Å². The molecule has 2 aromatic rings. The highest BCUT2D eigenvalue weighted by Gasteiger charge is 2.21. The van der Waals surface area contributed by atoms with Crippen molar-refractivity contribution in [1.29, 1.82) is 0 Å². The number of piperidine rings is 1. The molecule has 0 spiro atoms. The second-order valence-corrected chi connectivity index (χ2v) is 7.50. The molecule has 4 rings (SSSR count). The predicted molar refractivity (Wildman–Crippen MR) is 101 cm³/mol. The Labute approximate surface area is 152 Å². The van der Waals surface area contributed by atoms with Crippen molar-refractivity contribution in [1.82, 2.24) is 25.4 Å². The molecule has 1 fully saturated rings. The van der Waals surface area contributed by atoms with Gasteiger partial charge in [-0.25, -0.2) is 0 Å². The van der Waals surface area contributed by atoms with Gasteiger partial charge in [-0.15, -0.1) is 21.5 Å². The number of aryl methyl sites for hydroxylation is 1. The second kappa shape index (κ2) is 7.43. The van der Waals surface area contributed by atoms with Crippen LogP contribution in [0.2, 0.25) is 0 Å². The van der Waals surface area contributed by atoms with Crippen LogP contribution >= 0.6 is 11.3 Å². The molecular formula is C17H25N7S. The molecule has 2 N–H and O–H groups in total. The maximum absolute atomic E-state index is 4.37. The molecular weight excluding hydrogens is 334 g/mol. The summed E-state index contributed by atoms with van der Waals surface area (Å²) in [5.74, 6) is 2.97. The van der Waals surface area contributed by atoms with E-state index in [1.165, 1.54) is 11.4 Å². The Morgan fingerprint density at radius 1 is 1.32 bits per heavy atom. The minimum atomic E-state index is 0.464. The third kappa shape index (κ3) is 3.63. The van der Waals surface area contributed by atoms with E-state index in [0.717, 1.165) is 56.5 Å². The van der Waals surface area contributed by atoms with Gasteiger partial charge in [0.15, 0.2) is 11.8 Å². The first-order chi connectivity index (χ1) is 12.3. The van der Waals surface area contributed by atoms with Crippen molar-refractivity contribution >= 4 is 22.3 Å². The van der Waals surface area contributed by atoms with Crippen LogP contribution in [0.5, 0.6) is 0 Å². The van der Waals surface area contributed by atoms with E-state index in [2.05, 4.69) is 52.8 Å². The average molecular weight is 360 g/mol. The lowest BCUT2D eigenvalue weighted by molar-refractivity contribution is 0.462. The van der Waals surface area contributed by atoms with Crippen molar-refractivity contribution in [3.63, 3.8) is 0 Å². The minimum Gasteiger partial charge on any atom is -0.363 e. The number of hydrogen-bond donors (Lipinski definition) is 2. The molecule has 0 bridgehead atoms. The Morgan fingerprint density at radius 3 is 2.96 bits per heavy atom. The average Bonchev–Trinajstić information content (AvgIpc) is 3.37. The highest BCUT2D eigenvalue weighted by atomic mass is 32.1. The summed E-state index contributed by atoms with van der Waals surface area (Å²) < 4.78 is 2.22. The number of guanidine groups is 1. The molecule has 0 amide bonds. The van der Waals surface area contributed by atoms with E-state index >= 15 is 0 Å². The van der Waals surface area contributed by atoms with E-state index in [1.807, 2.05) is 18.4 Å². The molecule has 0 aromatic carbocycles. The maximum atomic E-state index is 4.37. The Morgan fingerprint density at radius 2 is 2.20 bits per heavy atom. The summed E-state index contributed by atoms with van der Waals surface area (Å²) in [7, 11) is 1.82. The highest BCUT2D eigenvalue weighted by Crippen LogP contribution is 2.24. The number of aliphatic imine (C=N–C) groups is 1. The Hall–Kier alpha value is -2.09. The van der Waals surface area contributed by atoms with Gasteiger partial charge in [0, 0.05) is 39.1 Å². The van der Waals surface area contributed by atoms with Gasteiger partial charge in [-0.05, 0) is 36.8 Å². The molecule has 4 heterocycles. The van der Waals surface area contributed by atoms with Gasteiger partial charge in [-0.3, -0.25) is 4.99 Å². The van der Waals surface area contributed by atoms with Crippen LogP contribution in [0.3, 0.4) is 0 Å². The van der Waals surface area contributed by atoms with Crippen LogP contribution in [0.1, 0.15) is 30.9 Å². The number of rotatable bonds is 4.